The third kappa shape index (κ3) is 0.744. The normalized spacial score (nSPS) is 36.9. The molecule has 1 N–H and O–H groups in total. The van der Waals surface area contributed by atoms with Crippen molar-refractivity contribution in [3.8, 4) is 0 Å². The van der Waals surface area contributed by atoms with Gasteiger partial charge in [0.2, 0.25) is 0 Å². The Balaban J connectivity index is 2.09. The molecule has 1 aromatic carbocycles. The summed E-state index contributed by atoms with van der Waals surface area (Å²) in [6.07, 6.45) is 0.899. The first kappa shape index (κ1) is 6.98. The smallest absolute Gasteiger partial charge is 0.0630 e. The second kappa shape index (κ2) is 2.27. The molecule has 0 spiro atoms. The molecular formula is C10H10OS. The van der Waals surface area contributed by atoms with E-state index in [0.29, 0.717) is 11.2 Å². The van der Waals surface area contributed by atoms with E-state index in [1.54, 1.807) is 0 Å². The highest BCUT2D eigenvalue weighted by molar-refractivity contribution is 8.00. The summed E-state index contributed by atoms with van der Waals surface area (Å²) < 4.78 is 0. The van der Waals surface area contributed by atoms with E-state index in [0.717, 1.165) is 6.42 Å². The molecule has 1 saturated carbocycles. The van der Waals surface area contributed by atoms with Gasteiger partial charge in [0.15, 0.2) is 0 Å². The Kier molecular flexibility index (Phi) is 1.32. The Morgan fingerprint density at radius 3 is 3.00 bits per heavy atom. The van der Waals surface area contributed by atoms with E-state index in [4.69, 9.17) is 0 Å². The standard InChI is InChI=1S/C10H10OS/c11-7-5-9-10(7)6-3-1-2-4-8(6)12-9/h1-4,7,9-11H,5H2. The summed E-state index contributed by atoms with van der Waals surface area (Å²) in [7, 11) is 0. The van der Waals surface area contributed by atoms with Crippen LogP contribution in [0.2, 0.25) is 0 Å². The lowest BCUT2D eigenvalue weighted by molar-refractivity contribution is 0.0744. The molecule has 0 bridgehead atoms. The van der Waals surface area contributed by atoms with Crippen molar-refractivity contribution in [1.29, 1.82) is 0 Å². The largest absolute Gasteiger partial charge is 0.392 e. The van der Waals surface area contributed by atoms with Crippen LogP contribution in [-0.2, 0) is 0 Å². The van der Waals surface area contributed by atoms with Crippen LogP contribution in [0.25, 0.3) is 0 Å². The number of fused-ring (bicyclic) bond motifs is 3. The van der Waals surface area contributed by atoms with Gasteiger partial charge in [-0.05, 0) is 18.1 Å². The number of aliphatic hydroxyl groups excluding tert-OH is 1. The van der Waals surface area contributed by atoms with Gasteiger partial charge in [0.05, 0.1) is 6.10 Å². The molecule has 1 aliphatic heterocycles. The fraction of sp³-hybridized carbons (Fsp3) is 0.400. The minimum Gasteiger partial charge on any atom is -0.392 e. The van der Waals surface area contributed by atoms with Gasteiger partial charge in [0.1, 0.15) is 0 Å². The van der Waals surface area contributed by atoms with Crippen molar-refractivity contribution in [2.45, 2.75) is 28.6 Å². The molecule has 62 valence electrons. The summed E-state index contributed by atoms with van der Waals surface area (Å²) in [6, 6.07) is 8.44. The van der Waals surface area contributed by atoms with Crippen molar-refractivity contribution >= 4 is 11.8 Å². The second-order valence-corrected chi connectivity index (χ2v) is 4.80. The van der Waals surface area contributed by atoms with Crippen LogP contribution in [0.1, 0.15) is 17.9 Å². The average Bonchev–Trinajstić information content (AvgIpc) is 2.35. The van der Waals surface area contributed by atoms with Crippen molar-refractivity contribution in [3.63, 3.8) is 0 Å². The molecule has 1 fully saturated rings. The Morgan fingerprint density at radius 2 is 2.17 bits per heavy atom. The van der Waals surface area contributed by atoms with Crippen LogP contribution in [-0.4, -0.2) is 16.5 Å². The van der Waals surface area contributed by atoms with Crippen LogP contribution >= 0.6 is 11.8 Å². The zero-order valence-electron chi connectivity index (χ0n) is 6.60. The van der Waals surface area contributed by atoms with Gasteiger partial charge in [-0.2, -0.15) is 0 Å². The highest BCUT2D eigenvalue weighted by Crippen LogP contribution is 2.55. The molecule has 2 aliphatic rings. The summed E-state index contributed by atoms with van der Waals surface area (Å²) in [4.78, 5) is 1.38. The molecule has 1 heterocycles. The molecule has 2 heteroatoms. The van der Waals surface area contributed by atoms with Crippen LogP contribution in [0, 0.1) is 0 Å². The maximum Gasteiger partial charge on any atom is 0.0630 e. The molecule has 3 rings (SSSR count). The highest BCUT2D eigenvalue weighted by atomic mass is 32.2. The topological polar surface area (TPSA) is 20.2 Å². The molecule has 0 amide bonds. The van der Waals surface area contributed by atoms with Crippen LogP contribution in [0.15, 0.2) is 29.2 Å². The van der Waals surface area contributed by atoms with Gasteiger partial charge >= 0.3 is 0 Å². The number of rotatable bonds is 0. The molecule has 3 unspecified atom stereocenters. The van der Waals surface area contributed by atoms with Gasteiger partial charge in [-0.1, -0.05) is 18.2 Å². The van der Waals surface area contributed by atoms with E-state index in [1.807, 2.05) is 11.8 Å². The Bertz CT molecular complexity index is 323. The molecule has 12 heavy (non-hydrogen) atoms. The number of thioether (sulfide) groups is 1. The summed E-state index contributed by atoms with van der Waals surface area (Å²) in [5, 5.41) is 10.2. The van der Waals surface area contributed by atoms with E-state index in [-0.39, 0.29) is 6.10 Å². The Hall–Kier alpha value is -0.470. The van der Waals surface area contributed by atoms with Crippen LogP contribution < -0.4 is 0 Å². The van der Waals surface area contributed by atoms with Gasteiger partial charge in [-0.3, -0.25) is 0 Å². The number of aliphatic hydroxyl groups is 1. The minimum absolute atomic E-state index is 0.0776. The van der Waals surface area contributed by atoms with Crippen LogP contribution in [0.5, 0.6) is 0 Å². The maximum absolute atomic E-state index is 9.55. The number of hydrogen-bond acceptors (Lipinski definition) is 2. The monoisotopic (exact) mass is 178 g/mol. The maximum atomic E-state index is 9.55. The zero-order chi connectivity index (χ0) is 8.13. The Morgan fingerprint density at radius 1 is 1.33 bits per heavy atom. The quantitative estimate of drug-likeness (QED) is 0.655. The minimum atomic E-state index is -0.0776. The molecule has 1 aromatic rings. The molecule has 0 aromatic heterocycles. The number of hydrogen-bond donors (Lipinski definition) is 1. The summed E-state index contributed by atoms with van der Waals surface area (Å²) >= 11 is 1.93. The molecule has 3 atom stereocenters. The molecule has 0 radical (unpaired) electrons. The summed E-state index contributed by atoms with van der Waals surface area (Å²) in [6.45, 7) is 0. The lowest BCUT2D eigenvalue weighted by Crippen LogP contribution is -2.38. The SMILES string of the molecule is OC1CC2Sc3ccccc3C12. The first-order valence-corrected chi connectivity index (χ1v) is 5.18. The first-order valence-electron chi connectivity index (χ1n) is 4.30. The summed E-state index contributed by atoms with van der Waals surface area (Å²) in [5.41, 5.74) is 1.37. The molecule has 1 nitrogen and oxygen atoms in total. The summed E-state index contributed by atoms with van der Waals surface area (Å²) in [5.74, 6) is 0.436. The molecular weight excluding hydrogens is 168 g/mol. The van der Waals surface area contributed by atoms with E-state index < -0.39 is 0 Å². The van der Waals surface area contributed by atoms with Gasteiger partial charge in [-0.25, -0.2) is 0 Å². The third-order valence-electron chi connectivity index (χ3n) is 2.85. The average molecular weight is 178 g/mol. The van der Waals surface area contributed by atoms with Crippen molar-refractivity contribution < 1.29 is 5.11 Å². The predicted molar refractivity (Wildman–Crippen MR) is 49.5 cm³/mol. The van der Waals surface area contributed by atoms with Crippen LogP contribution in [0.3, 0.4) is 0 Å². The third-order valence-corrected chi connectivity index (χ3v) is 4.26. The predicted octanol–water partition coefficient (Wildman–Crippen LogP) is 2.01. The van der Waals surface area contributed by atoms with E-state index in [9.17, 15) is 5.11 Å². The van der Waals surface area contributed by atoms with Gasteiger partial charge in [-0.15, -0.1) is 11.8 Å². The van der Waals surface area contributed by atoms with Crippen molar-refractivity contribution in [2.75, 3.05) is 0 Å². The lowest BCUT2D eigenvalue weighted by Gasteiger charge is -2.35. The van der Waals surface area contributed by atoms with Gasteiger partial charge < -0.3 is 5.11 Å². The van der Waals surface area contributed by atoms with Crippen LogP contribution in [0.4, 0.5) is 0 Å². The van der Waals surface area contributed by atoms with E-state index in [2.05, 4.69) is 24.3 Å². The first-order chi connectivity index (χ1) is 5.86. The van der Waals surface area contributed by atoms with Crippen molar-refractivity contribution in [2.24, 2.45) is 0 Å². The van der Waals surface area contributed by atoms with Crippen molar-refractivity contribution in [1.82, 2.24) is 0 Å². The number of benzene rings is 1. The highest BCUT2D eigenvalue weighted by Gasteiger charge is 2.46. The zero-order valence-corrected chi connectivity index (χ0v) is 7.42. The molecule has 0 saturated heterocycles. The Labute approximate surface area is 75.8 Å². The lowest BCUT2D eigenvalue weighted by atomic mass is 9.77. The van der Waals surface area contributed by atoms with E-state index in [1.165, 1.54) is 10.5 Å². The molecule has 1 aliphatic carbocycles. The van der Waals surface area contributed by atoms with Crippen molar-refractivity contribution in [3.05, 3.63) is 29.8 Å². The van der Waals surface area contributed by atoms with E-state index >= 15 is 0 Å². The van der Waals surface area contributed by atoms with Gasteiger partial charge in [0.25, 0.3) is 0 Å². The fourth-order valence-corrected chi connectivity index (χ4v) is 3.73. The fourth-order valence-electron chi connectivity index (χ4n) is 2.14. The second-order valence-electron chi connectivity index (χ2n) is 3.52. The van der Waals surface area contributed by atoms with Gasteiger partial charge in [0, 0.05) is 16.1 Å².